The van der Waals surface area contributed by atoms with Crippen LogP contribution < -0.4 is 0 Å². The number of nitrogens with zero attached hydrogens (tertiary/aromatic N) is 2. The Bertz CT molecular complexity index is 657. The van der Waals surface area contributed by atoms with Gasteiger partial charge in [0.15, 0.2) is 0 Å². The number of halogens is 1. The van der Waals surface area contributed by atoms with Crippen LogP contribution in [0.5, 0.6) is 0 Å². The van der Waals surface area contributed by atoms with E-state index in [2.05, 4.69) is 45.7 Å². The van der Waals surface area contributed by atoms with Gasteiger partial charge in [-0.25, -0.2) is 4.79 Å². The van der Waals surface area contributed by atoms with Crippen molar-refractivity contribution in [3.05, 3.63) is 34.4 Å². The van der Waals surface area contributed by atoms with Gasteiger partial charge in [0, 0.05) is 47.1 Å². The summed E-state index contributed by atoms with van der Waals surface area (Å²) >= 11 is 3.60. The molecule has 1 N–H and O–H groups in total. The minimum atomic E-state index is -0.803. The zero-order valence-electron chi connectivity index (χ0n) is 11.3. The van der Waals surface area contributed by atoms with Crippen molar-refractivity contribution in [2.75, 3.05) is 13.1 Å². The summed E-state index contributed by atoms with van der Waals surface area (Å²) in [6.45, 7) is 1.26. The number of piperidine rings is 1. The van der Waals surface area contributed by atoms with Crippen LogP contribution in [0, 0.1) is 0 Å². The molecule has 0 unspecified atom stereocenters. The van der Waals surface area contributed by atoms with Crippen LogP contribution in [0.2, 0.25) is 0 Å². The van der Waals surface area contributed by atoms with E-state index >= 15 is 0 Å². The molecular weight excluding hydrogens is 320 g/mol. The summed E-state index contributed by atoms with van der Waals surface area (Å²) in [5, 5.41) is 10.2. The van der Waals surface area contributed by atoms with Gasteiger partial charge in [0.25, 0.3) is 0 Å². The fraction of sp³-hybridized carbons (Fsp3) is 0.400. The lowest BCUT2D eigenvalue weighted by atomic mass is 9.93. The molecule has 2 aromatic rings. The lowest BCUT2D eigenvalue weighted by molar-refractivity contribution is 0.131. The van der Waals surface area contributed by atoms with Crippen molar-refractivity contribution >= 4 is 32.9 Å². The molecule has 1 amide bonds. The van der Waals surface area contributed by atoms with E-state index in [1.165, 1.54) is 21.5 Å². The smallest absolute Gasteiger partial charge is 0.407 e. The molecule has 4 nitrogen and oxygen atoms in total. The molecule has 106 valence electrons. The number of carboxylic acid groups (broad SMARTS) is 1. The maximum Gasteiger partial charge on any atom is 0.407 e. The first-order valence-electron chi connectivity index (χ1n) is 6.79. The van der Waals surface area contributed by atoms with E-state index in [1.54, 1.807) is 0 Å². The van der Waals surface area contributed by atoms with E-state index in [-0.39, 0.29) is 0 Å². The SMILES string of the molecule is Cn1c(C2CCN(C(=O)O)CC2)cc2c(Br)cccc21. The van der Waals surface area contributed by atoms with Crippen LogP contribution in [0.3, 0.4) is 0 Å². The zero-order chi connectivity index (χ0) is 14.3. The highest BCUT2D eigenvalue weighted by atomic mass is 79.9. The van der Waals surface area contributed by atoms with Crippen LogP contribution in [0.15, 0.2) is 28.7 Å². The third-order valence-electron chi connectivity index (χ3n) is 4.25. The summed E-state index contributed by atoms with van der Waals surface area (Å²) in [4.78, 5) is 12.5. The molecule has 1 saturated heterocycles. The highest BCUT2D eigenvalue weighted by Gasteiger charge is 2.25. The Hall–Kier alpha value is -1.49. The summed E-state index contributed by atoms with van der Waals surface area (Å²) in [5.74, 6) is 0.440. The van der Waals surface area contributed by atoms with Gasteiger partial charge in [-0.1, -0.05) is 22.0 Å². The third kappa shape index (κ3) is 2.20. The maximum atomic E-state index is 11.0. The number of hydrogen-bond donors (Lipinski definition) is 1. The second-order valence-electron chi connectivity index (χ2n) is 5.34. The van der Waals surface area contributed by atoms with Crippen LogP contribution in [-0.2, 0) is 7.05 Å². The molecule has 5 heteroatoms. The van der Waals surface area contributed by atoms with Gasteiger partial charge < -0.3 is 14.6 Å². The fourth-order valence-electron chi connectivity index (χ4n) is 3.10. The third-order valence-corrected chi connectivity index (χ3v) is 4.95. The first-order chi connectivity index (χ1) is 9.58. The summed E-state index contributed by atoms with van der Waals surface area (Å²) < 4.78 is 3.35. The number of aryl methyl sites for hydroxylation is 1. The molecule has 0 saturated carbocycles. The van der Waals surface area contributed by atoms with Gasteiger partial charge >= 0.3 is 6.09 Å². The fourth-order valence-corrected chi connectivity index (χ4v) is 3.57. The maximum absolute atomic E-state index is 11.0. The van der Waals surface area contributed by atoms with Crippen LogP contribution in [0.1, 0.15) is 24.5 Å². The van der Waals surface area contributed by atoms with Crippen molar-refractivity contribution in [2.45, 2.75) is 18.8 Å². The molecule has 1 aliphatic heterocycles. The van der Waals surface area contributed by atoms with E-state index in [1.807, 2.05) is 6.07 Å². The molecule has 1 aliphatic rings. The van der Waals surface area contributed by atoms with E-state index in [0.29, 0.717) is 19.0 Å². The van der Waals surface area contributed by atoms with Gasteiger partial charge in [0.05, 0.1) is 0 Å². The molecule has 1 aromatic heterocycles. The molecule has 1 fully saturated rings. The predicted octanol–water partition coefficient (Wildman–Crippen LogP) is 3.80. The molecule has 2 heterocycles. The van der Waals surface area contributed by atoms with Crippen LogP contribution >= 0.6 is 15.9 Å². The molecule has 0 aliphatic carbocycles. The molecule has 0 spiro atoms. The van der Waals surface area contributed by atoms with Gasteiger partial charge in [-0.2, -0.15) is 0 Å². The van der Waals surface area contributed by atoms with Gasteiger partial charge in [-0.05, 0) is 31.0 Å². The standard InChI is InChI=1S/C15H17BrN2O2/c1-17-13-4-2-3-12(16)11(13)9-14(17)10-5-7-18(8-6-10)15(19)20/h2-4,9-10H,5-8H2,1H3,(H,19,20). The Morgan fingerprint density at radius 3 is 2.65 bits per heavy atom. The molecule has 3 rings (SSSR count). The molecule has 0 bridgehead atoms. The number of aromatic nitrogens is 1. The van der Waals surface area contributed by atoms with Gasteiger partial charge in [-0.15, -0.1) is 0 Å². The Balaban J connectivity index is 1.90. The van der Waals surface area contributed by atoms with E-state index in [4.69, 9.17) is 5.11 Å². The van der Waals surface area contributed by atoms with Crippen molar-refractivity contribution in [1.29, 1.82) is 0 Å². The van der Waals surface area contributed by atoms with Crippen molar-refractivity contribution in [3.8, 4) is 0 Å². The molecule has 0 atom stereocenters. The highest BCUT2D eigenvalue weighted by molar-refractivity contribution is 9.10. The van der Waals surface area contributed by atoms with Crippen molar-refractivity contribution < 1.29 is 9.90 Å². The van der Waals surface area contributed by atoms with Crippen LogP contribution in [-0.4, -0.2) is 33.8 Å². The topological polar surface area (TPSA) is 45.5 Å². The number of likely N-dealkylation sites (tertiary alicyclic amines) is 1. The van der Waals surface area contributed by atoms with Crippen LogP contribution in [0.4, 0.5) is 4.79 Å². The second kappa shape index (κ2) is 5.13. The number of benzene rings is 1. The zero-order valence-corrected chi connectivity index (χ0v) is 12.9. The van der Waals surface area contributed by atoms with E-state index in [9.17, 15) is 4.79 Å². The van der Waals surface area contributed by atoms with E-state index < -0.39 is 6.09 Å². The predicted molar refractivity (Wildman–Crippen MR) is 82.2 cm³/mol. The Labute approximate surface area is 126 Å². The number of rotatable bonds is 1. The van der Waals surface area contributed by atoms with Crippen molar-refractivity contribution in [1.82, 2.24) is 9.47 Å². The minimum Gasteiger partial charge on any atom is -0.465 e. The molecule has 0 radical (unpaired) electrons. The number of carbonyl (C=O) groups is 1. The average Bonchev–Trinajstić information content (AvgIpc) is 2.78. The van der Waals surface area contributed by atoms with Crippen molar-refractivity contribution in [3.63, 3.8) is 0 Å². The lowest BCUT2D eigenvalue weighted by Gasteiger charge is -2.30. The summed E-state index contributed by atoms with van der Waals surface area (Å²) in [6.07, 6.45) is 0.991. The second-order valence-corrected chi connectivity index (χ2v) is 6.20. The highest BCUT2D eigenvalue weighted by Crippen LogP contribution is 2.34. The Kier molecular flexibility index (Phi) is 3.46. The molecular formula is C15H17BrN2O2. The quantitative estimate of drug-likeness (QED) is 0.860. The van der Waals surface area contributed by atoms with Crippen molar-refractivity contribution in [2.24, 2.45) is 7.05 Å². The van der Waals surface area contributed by atoms with Gasteiger partial charge in [0.2, 0.25) is 0 Å². The number of hydrogen-bond acceptors (Lipinski definition) is 1. The van der Waals surface area contributed by atoms with Gasteiger partial charge in [-0.3, -0.25) is 0 Å². The minimum absolute atomic E-state index is 0.440. The summed E-state index contributed by atoms with van der Waals surface area (Å²) in [6, 6.07) is 8.46. The van der Waals surface area contributed by atoms with E-state index in [0.717, 1.165) is 17.3 Å². The Morgan fingerprint density at radius 1 is 1.35 bits per heavy atom. The number of fused-ring (bicyclic) bond motifs is 1. The first kappa shape index (κ1) is 13.5. The summed E-state index contributed by atoms with van der Waals surface area (Å²) in [5.41, 5.74) is 2.52. The molecule has 1 aromatic carbocycles. The normalized spacial score (nSPS) is 16.8. The van der Waals surface area contributed by atoms with Crippen LogP contribution in [0.25, 0.3) is 10.9 Å². The lowest BCUT2D eigenvalue weighted by Crippen LogP contribution is -2.37. The van der Waals surface area contributed by atoms with Gasteiger partial charge in [0.1, 0.15) is 0 Å². The summed E-state index contributed by atoms with van der Waals surface area (Å²) in [7, 11) is 2.09. The Morgan fingerprint density at radius 2 is 2.05 bits per heavy atom. The largest absolute Gasteiger partial charge is 0.465 e. The average molecular weight is 337 g/mol. The first-order valence-corrected chi connectivity index (χ1v) is 7.59. The number of amides is 1. The molecule has 20 heavy (non-hydrogen) atoms. The monoisotopic (exact) mass is 336 g/mol.